The maximum Gasteiger partial charge on any atom is 0.264 e. The summed E-state index contributed by atoms with van der Waals surface area (Å²) in [5, 5.41) is 3.01. The first kappa shape index (κ1) is 34.4. The lowest BCUT2D eigenvalue weighted by atomic mass is 10.0. The number of carbonyl (C=O) groups is 2. The second-order valence-electron chi connectivity index (χ2n) is 10.8. The minimum Gasteiger partial charge on any atom is -0.354 e. The standard InChI is InChI=1S/C35H37Br2N3O4S/c1-3-4-22-38-35(42)33(23-27-8-6-5-7-9-27)39(24-28-12-14-29(36)15-13-28)34(41)25-40(31-18-16-30(37)17-19-31)45(43,44)32-20-10-26(2)11-21-32/h5-21,33H,3-4,22-25H2,1-2H3,(H,38,42)/t33-/m0/s1. The normalized spacial score (nSPS) is 11.9. The van der Waals surface area contributed by atoms with Gasteiger partial charge in [-0.1, -0.05) is 105 Å². The predicted octanol–water partition coefficient (Wildman–Crippen LogP) is 7.27. The van der Waals surface area contributed by atoms with Gasteiger partial charge in [0.25, 0.3) is 10.0 Å². The number of benzene rings is 4. The summed E-state index contributed by atoms with van der Waals surface area (Å²) in [7, 11) is -4.15. The summed E-state index contributed by atoms with van der Waals surface area (Å²) in [4.78, 5) is 29.9. The average Bonchev–Trinajstić information content (AvgIpc) is 3.03. The summed E-state index contributed by atoms with van der Waals surface area (Å²) in [6.07, 6.45) is 1.98. The molecule has 1 atom stereocenters. The lowest BCUT2D eigenvalue weighted by molar-refractivity contribution is -0.140. The monoisotopic (exact) mass is 753 g/mol. The van der Waals surface area contributed by atoms with E-state index in [0.29, 0.717) is 12.2 Å². The molecule has 4 aromatic carbocycles. The molecule has 0 radical (unpaired) electrons. The van der Waals surface area contributed by atoms with E-state index in [-0.39, 0.29) is 23.8 Å². The van der Waals surface area contributed by atoms with Crippen LogP contribution in [0, 0.1) is 6.92 Å². The first-order valence-corrected chi connectivity index (χ1v) is 17.8. The molecule has 0 aliphatic rings. The highest BCUT2D eigenvalue weighted by Crippen LogP contribution is 2.27. The Balaban J connectivity index is 1.78. The number of sulfonamides is 1. The number of amides is 2. The van der Waals surface area contributed by atoms with Gasteiger partial charge in [-0.15, -0.1) is 0 Å². The number of hydrogen-bond donors (Lipinski definition) is 1. The van der Waals surface area contributed by atoms with Crippen LogP contribution in [0.25, 0.3) is 0 Å². The fraction of sp³-hybridized carbons (Fsp3) is 0.257. The number of anilines is 1. The van der Waals surface area contributed by atoms with Crippen LogP contribution in [-0.4, -0.2) is 44.3 Å². The van der Waals surface area contributed by atoms with E-state index in [2.05, 4.69) is 37.2 Å². The van der Waals surface area contributed by atoms with Crippen LogP contribution in [0.15, 0.2) is 117 Å². The van der Waals surface area contributed by atoms with Crippen LogP contribution in [0.4, 0.5) is 5.69 Å². The Kier molecular flexibility index (Phi) is 12.4. The third kappa shape index (κ3) is 9.51. The van der Waals surface area contributed by atoms with E-state index in [1.165, 1.54) is 4.90 Å². The molecule has 0 heterocycles. The largest absolute Gasteiger partial charge is 0.354 e. The van der Waals surface area contributed by atoms with Gasteiger partial charge in [0.2, 0.25) is 11.8 Å². The van der Waals surface area contributed by atoms with Gasteiger partial charge in [0, 0.05) is 28.5 Å². The minimum atomic E-state index is -4.15. The molecule has 10 heteroatoms. The van der Waals surface area contributed by atoms with Crippen LogP contribution in [0.2, 0.25) is 0 Å². The van der Waals surface area contributed by atoms with Gasteiger partial charge >= 0.3 is 0 Å². The van der Waals surface area contributed by atoms with E-state index < -0.39 is 28.5 Å². The Labute approximate surface area is 283 Å². The quantitative estimate of drug-likeness (QED) is 0.137. The second-order valence-corrected chi connectivity index (χ2v) is 14.5. The van der Waals surface area contributed by atoms with Crippen LogP contribution in [0.3, 0.4) is 0 Å². The van der Waals surface area contributed by atoms with Crippen molar-refractivity contribution in [3.05, 3.63) is 129 Å². The van der Waals surface area contributed by atoms with Crippen molar-refractivity contribution in [1.82, 2.24) is 10.2 Å². The first-order valence-electron chi connectivity index (χ1n) is 14.8. The van der Waals surface area contributed by atoms with Crippen molar-refractivity contribution in [2.75, 3.05) is 17.4 Å². The highest BCUT2D eigenvalue weighted by molar-refractivity contribution is 9.10. The molecule has 7 nitrogen and oxygen atoms in total. The first-order chi connectivity index (χ1) is 21.6. The zero-order valence-electron chi connectivity index (χ0n) is 25.3. The summed E-state index contributed by atoms with van der Waals surface area (Å²) >= 11 is 6.88. The Hall–Kier alpha value is -3.47. The van der Waals surface area contributed by atoms with Crippen molar-refractivity contribution >= 4 is 59.4 Å². The topological polar surface area (TPSA) is 86.8 Å². The maximum atomic E-state index is 14.5. The molecule has 0 saturated heterocycles. The van der Waals surface area contributed by atoms with E-state index in [1.54, 1.807) is 48.5 Å². The Morgan fingerprint density at radius 2 is 1.40 bits per heavy atom. The highest BCUT2D eigenvalue weighted by atomic mass is 79.9. The van der Waals surface area contributed by atoms with E-state index in [1.807, 2.05) is 68.4 Å². The SMILES string of the molecule is CCCCNC(=O)[C@H](Cc1ccccc1)N(Cc1ccc(Br)cc1)C(=O)CN(c1ccc(Br)cc1)S(=O)(=O)c1ccc(C)cc1. The lowest BCUT2D eigenvalue weighted by Crippen LogP contribution is -2.53. The van der Waals surface area contributed by atoms with Crippen LogP contribution >= 0.6 is 31.9 Å². The number of rotatable bonds is 14. The molecule has 2 amide bonds. The number of unbranched alkanes of at least 4 members (excludes halogenated alkanes) is 1. The number of hydrogen-bond acceptors (Lipinski definition) is 4. The predicted molar refractivity (Wildman–Crippen MR) is 186 cm³/mol. The van der Waals surface area contributed by atoms with Gasteiger partial charge in [-0.25, -0.2) is 8.42 Å². The molecule has 0 aliphatic carbocycles. The molecule has 0 fully saturated rings. The number of aryl methyl sites for hydroxylation is 1. The van der Waals surface area contributed by atoms with E-state index in [9.17, 15) is 18.0 Å². The molecule has 0 bridgehead atoms. The summed E-state index contributed by atoms with van der Waals surface area (Å²) in [6, 6.07) is 29.5. The van der Waals surface area contributed by atoms with E-state index in [4.69, 9.17) is 0 Å². The van der Waals surface area contributed by atoms with Gasteiger partial charge in [-0.05, 0) is 73.0 Å². The van der Waals surface area contributed by atoms with Crippen LogP contribution < -0.4 is 9.62 Å². The van der Waals surface area contributed by atoms with Gasteiger partial charge in [0.1, 0.15) is 12.6 Å². The molecule has 0 unspecified atom stereocenters. The average molecular weight is 756 g/mol. The lowest BCUT2D eigenvalue weighted by Gasteiger charge is -2.34. The van der Waals surface area contributed by atoms with Crippen LogP contribution in [0.1, 0.15) is 36.5 Å². The van der Waals surface area contributed by atoms with Gasteiger partial charge < -0.3 is 10.2 Å². The van der Waals surface area contributed by atoms with Crippen molar-refractivity contribution in [3.63, 3.8) is 0 Å². The van der Waals surface area contributed by atoms with Crippen molar-refractivity contribution in [3.8, 4) is 0 Å². The second kappa shape index (κ2) is 16.2. The number of carbonyl (C=O) groups excluding carboxylic acids is 2. The Morgan fingerprint density at radius 3 is 2.00 bits per heavy atom. The van der Waals surface area contributed by atoms with E-state index in [0.717, 1.165) is 42.8 Å². The van der Waals surface area contributed by atoms with Crippen molar-refractivity contribution < 1.29 is 18.0 Å². The molecule has 236 valence electrons. The summed E-state index contributed by atoms with van der Waals surface area (Å²) < 4.78 is 31.0. The summed E-state index contributed by atoms with van der Waals surface area (Å²) in [5.74, 6) is -0.780. The molecular formula is C35H37Br2N3O4S. The maximum absolute atomic E-state index is 14.5. The molecule has 0 spiro atoms. The van der Waals surface area contributed by atoms with Gasteiger partial charge in [-0.3, -0.25) is 13.9 Å². The third-order valence-corrected chi connectivity index (χ3v) is 10.2. The highest BCUT2D eigenvalue weighted by Gasteiger charge is 2.34. The molecule has 0 saturated carbocycles. The van der Waals surface area contributed by atoms with E-state index >= 15 is 0 Å². The number of nitrogens with one attached hydrogen (secondary N) is 1. The minimum absolute atomic E-state index is 0.0708. The fourth-order valence-electron chi connectivity index (χ4n) is 4.82. The number of nitrogens with zero attached hydrogens (tertiary/aromatic N) is 2. The summed E-state index contributed by atoms with van der Waals surface area (Å²) in [5.41, 5.74) is 2.95. The third-order valence-electron chi connectivity index (χ3n) is 7.37. The van der Waals surface area contributed by atoms with Gasteiger partial charge in [-0.2, -0.15) is 0 Å². The smallest absolute Gasteiger partial charge is 0.264 e. The Morgan fingerprint density at radius 1 is 0.800 bits per heavy atom. The van der Waals surface area contributed by atoms with Gasteiger partial charge in [0.05, 0.1) is 10.6 Å². The molecule has 4 rings (SSSR count). The van der Waals surface area contributed by atoms with Crippen LogP contribution in [-0.2, 0) is 32.6 Å². The van der Waals surface area contributed by atoms with Crippen molar-refractivity contribution in [2.45, 2.75) is 50.6 Å². The molecule has 45 heavy (non-hydrogen) atoms. The Bertz CT molecular complexity index is 1670. The molecular weight excluding hydrogens is 718 g/mol. The zero-order chi connectivity index (χ0) is 32.4. The van der Waals surface area contributed by atoms with Crippen LogP contribution in [0.5, 0.6) is 0 Å². The molecule has 0 aliphatic heterocycles. The van der Waals surface area contributed by atoms with Crippen molar-refractivity contribution in [2.24, 2.45) is 0 Å². The zero-order valence-corrected chi connectivity index (χ0v) is 29.3. The van der Waals surface area contributed by atoms with Gasteiger partial charge in [0.15, 0.2) is 0 Å². The number of halogens is 2. The molecule has 4 aromatic rings. The fourth-order valence-corrected chi connectivity index (χ4v) is 6.76. The molecule has 1 N–H and O–H groups in total. The summed E-state index contributed by atoms with van der Waals surface area (Å²) in [6.45, 7) is 4.02. The van der Waals surface area contributed by atoms with Crippen molar-refractivity contribution in [1.29, 1.82) is 0 Å². The molecule has 0 aromatic heterocycles.